The maximum Gasteiger partial charge on any atom is 0.306 e. The Morgan fingerprint density at radius 2 is 0.524 bits per heavy atom. The van der Waals surface area contributed by atoms with Gasteiger partial charge in [0.1, 0.15) is 13.2 Å². The summed E-state index contributed by atoms with van der Waals surface area (Å²) in [5.41, 5.74) is 0. The van der Waals surface area contributed by atoms with E-state index in [2.05, 4.69) is 45.1 Å². The molecule has 1 atom stereocenters. The van der Waals surface area contributed by atoms with Crippen molar-refractivity contribution in [1.29, 1.82) is 0 Å². The first-order valence-electron chi connectivity index (χ1n) is 27.8. The minimum Gasteiger partial charge on any atom is -0.462 e. The Hall–Kier alpha value is -2.11. The van der Waals surface area contributed by atoms with Gasteiger partial charge in [0.15, 0.2) is 6.10 Å². The third-order valence-corrected chi connectivity index (χ3v) is 12.4. The molecule has 0 aliphatic heterocycles. The standard InChI is InChI=1S/C57H106O6/c1-4-7-10-13-16-19-22-25-28-30-32-35-38-41-44-47-50-56(59)62-53-54(52-61-55(58)49-46-43-40-37-34-31-27-24-21-18-15-12-9-6-3)63-57(60)51-48-45-42-39-36-33-29-26-23-20-17-14-11-8-5-2/h24,26-27,29,54H,4-23,25,28,30-53H2,1-3H3/b27-24-,29-26-/t54-/m1/s1. The third-order valence-electron chi connectivity index (χ3n) is 12.4. The maximum absolute atomic E-state index is 12.8. The molecule has 0 aliphatic rings. The Morgan fingerprint density at radius 3 is 0.794 bits per heavy atom. The van der Waals surface area contributed by atoms with Gasteiger partial charge in [-0.2, -0.15) is 0 Å². The monoisotopic (exact) mass is 887 g/mol. The average molecular weight is 887 g/mol. The Labute approximate surface area is 392 Å². The van der Waals surface area contributed by atoms with Gasteiger partial charge >= 0.3 is 17.9 Å². The van der Waals surface area contributed by atoms with E-state index in [-0.39, 0.29) is 31.1 Å². The van der Waals surface area contributed by atoms with Crippen molar-refractivity contribution in [2.75, 3.05) is 13.2 Å². The van der Waals surface area contributed by atoms with Crippen LogP contribution in [0.15, 0.2) is 24.3 Å². The van der Waals surface area contributed by atoms with Crippen molar-refractivity contribution in [1.82, 2.24) is 0 Å². The summed E-state index contributed by atoms with van der Waals surface area (Å²) >= 11 is 0. The van der Waals surface area contributed by atoms with Crippen molar-refractivity contribution >= 4 is 17.9 Å². The van der Waals surface area contributed by atoms with E-state index in [4.69, 9.17) is 14.2 Å². The minimum absolute atomic E-state index is 0.0730. The molecule has 0 saturated heterocycles. The summed E-state index contributed by atoms with van der Waals surface area (Å²) in [6.07, 6.45) is 60.2. The van der Waals surface area contributed by atoms with Crippen molar-refractivity contribution in [2.24, 2.45) is 0 Å². The molecular formula is C57H106O6. The summed E-state index contributed by atoms with van der Waals surface area (Å²) in [5, 5.41) is 0. The van der Waals surface area contributed by atoms with Gasteiger partial charge in [-0.05, 0) is 70.6 Å². The second-order valence-corrected chi connectivity index (χ2v) is 18.8. The Kier molecular flexibility index (Phi) is 50.8. The molecule has 0 radical (unpaired) electrons. The second-order valence-electron chi connectivity index (χ2n) is 18.8. The van der Waals surface area contributed by atoms with Crippen LogP contribution in [0.5, 0.6) is 0 Å². The van der Waals surface area contributed by atoms with Crippen LogP contribution >= 0.6 is 0 Å². The maximum atomic E-state index is 12.8. The number of rotatable bonds is 51. The van der Waals surface area contributed by atoms with Gasteiger partial charge in [0.05, 0.1) is 0 Å². The Balaban J connectivity index is 4.35. The summed E-state index contributed by atoms with van der Waals surface area (Å²) in [6.45, 7) is 6.65. The molecule has 0 unspecified atom stereocenters. The fraction of sp³-hybridized carbons (Fsp3) is 0.877. The minimum atomic E-state index is -0.774. The van der Waals surface area contributed by atoms with Gasteiger partial charge in [0, 0.05) is 19.3 Å². The first kappa shape index (κ1) is 60.9. The molecule has 0 fully saturated rings. The molecule has 0 rings (SSSR count). The summed E-state index contributed by atoms with van der Waals surface area (Å²) < 4.78 is 16.8. The van der Waals surface area contributed by atoms with E-state index >= 15 is 0 Å². The van der Waals surface area contributed by atoms with E-state index in [1.54, 1.807) is 0 Å². The second kappa shape index (κ2) is 52.5. The van der Waals surface area contributed by atoms with E-state index < -0.39 is 6.10 Å². The predicted octanol–water partition coefficient (Wildman–Crippen LogP) is 18.3. The lowest BCUT2D eigenvalue weighted by atomic mass is 10.0. The van der Waals surface area contributed by atoms with Crippen LogP contribution in [0.4, 0.5) is 0 Å². The van der Waals surface area contributed by atoms with Crippen molar-refractivity contribution in [2.45, 2.75) is 309 Å². The van der Waals surface area contributed by atoms with Gasteiger partial charge < -0.3 is 14.2 Å². The highest BCUT2D eigenvalue weighted by atomic mass is 16.6. The van der Waals surface area contributed by atoms with Gasteiger partial charge in [0.25, 0.3) is 0 Å². The first-order chi connectivity index (χ1) is 31.0. The molecule has 0 aromatic heterocycles. The molecule has 6 nitrogen and oxygen atoms in total. The molecule has 370 valence electrons. The zero-order valence-electron chi connectivity index (χ0n) is 42.4. The molecule has 0 heterocycles. The summed E-state index contributed by atoms with van der Waals surface area (Å²) in [4.78, 5) is 38.1. The van der Waals surface area contributed by atoms with Crippen LogP contribution < -0.4 is 0 Å². The van der Waals surface area contributed by atoms with E-state index in [9.17, 15) is 14.4 Å². The first-order valence-corrected chi connectivity index (χ1v) is 27.8. The van der Waals surface area contributed by atoms with Crippen LogP contribution in [0, 0.1) is 0 Å². The molecule has 63 heavy (non-hydrogen) atoms. The Morgan fingerprint density at radius 1 is 0.302 bits per heavy atom. The van der Waals surface area contributed by atoms with Gasteiger partial charge in [0.2, 0.25) is 0 Å². The van der Waals surface area contributed by atoms with Crippen molar-refractivity contribution < 1.29 is 28.6 Å². The lowest BCUT2D eigenvalue weighted by Crippen LogP contribution is -2.30. The van der Waals surface area contributed by atoms with Gasteiger partial charge in [-0.3, -0.25) is 14.4 Å². The number of esters is 3. The van der Waals surface area contributed by atoms with Gasteiger partial charge in [-0.15, -0.1) is 0 Å². The van der Waals surface area contributed by atoms with Crippen LogP contribution in [-0.4, -0.2) is 37.2 Å². The number of allylic oxidation sites excluding steroid dienone is 4. The molecule has 0 aromatic carbocycles. The zero-order valence-corrected chi connectivity index (χ0v) is 42.4. The fourth-order valence-corrected chi connectivity index (χ4v) is 8.20. The fourth-order valence-electron chi connectivity index (χ4n) is 8.20. The number of hydrogen-bond donors (Lipinski definition) is 0. The van der Waals surface area contributed by atoms with Crippen LogP contribution in [0.1, 0.15) is 303 Å². The quantitative estimate of drug-likeness (QED) is 0.0262. The SMILES string of the molecule is CCCCCCC/C=C\CCCCCCCC(=O)OC[C@H](COC(=O)CCCCCCCCCCCCCCCCCC)OC(=O)CCCCCCC/C=C\CCCCCCCC. The van der Waals surface area contributed by atoms with Gasteiger partial charge in [-0.1, -0.05) is 238 Å². The van der Waals surface area contributed by atoms with Crippen LogP contribution in [0.25, 0.3) is 0 Å². The van der Waals surface area contributed by atoms with E-state index in [1.807, 2.05) is 0 Å². The highest BCUT2D eigenvalue weighted by Crippen LogP contribution is 2.16. The summed E-state index contributed by atoms with van der Waals surface area (Å²) in [7, 11) is 0. The lowest BCUT2D eigenvalue weighted by molar-refractivity contribution is -0.167. The van der Waals surface area contributed by atoms with E-state index in [0.29, 0.717) is 19.3 Å². The number of hydrogen-bond acceptors (Lipinski definition) is 6. The average Bonchev–Trinajstić information content (AvgIpc) is 3.28. The Bertz CT molecular complexity index is 1020. The van der Waals surface area contributed by atoms with Crippen molar-refractivity contribution in [3.05, 3.63) is 24.3 Å². The molecule has 0 N–H and O–H groups in total. The van der Waals surface area contributed by atoms with Crippen molar-refractivity contribution in [3.63, 3.8) is 0 Å². The number of carbonyl (C=O) groups is 3. The molecule has 0 amide bonds. The van der Waals surface area contributed by atoms with Gasteiger partial charge in [-0.25, -0.2) is 0 Å². The van der Waals surface area contributed by atoms with E-state index in [1.165, 1.54) is 193 Å². The zero-order chi connectivity index (χ0) is 45.8. The summed E-state index contributed by atoms with van der Waals surface area (Å²) in [5.74, 6) is -0.873. The molecular weight excluding hydrogens is 781 g/mol. The molecule has 0 saturated carbocycles. The molecule has 0 bridgehead atoms. The molecule has 0 aromatic rings. The number of unbranched alkanes of at least 4 members (excludes halogenated alkanes) is 36. The normalized spacial score (nSPS) is 12.1. The summed E-state index contributed by atoms with van der Waals surface area (Å²) in [6, 6.07) is 0. The number of carbonyl (C=O) groups excluding carboxylic acids is 3. The van der Waals surface area contributed by atoms with E-state index in [0.717, 1.165) is 70.6 Å². The molecule has 6 heteroatoms. The lowest BCUT2D eigenvalue weighted by Gasteiger charge is -2.18. The topological polar surface area (TPSA) is 78.9 Å². The predicted molar refractivity (Wildman–Crippen MR) is 270 cm³/mol. The largest absolute Gasteiger partial charge is 0.462 e. The highest BCUT2D eigenvalue weighted by molar-refractivity contribution is 5.71. The van der Waals surface area contributed by atoms with Crippen LogP contribution in [0.3, 0.4) is 0 Å². The third kappa shape index (κ3) is 50.7. The number of ether oxygens (including phenoxy) is 3. The molecule has 0 aliphatic carbocycles. The van der Waals surface area contributed by atoms with Crippen molar-refractivity contribution in [3.8, 4) is 0 Å². The molecule has 0 spiro atoms. The smallest absolute Gasteiger partial charge is 0.306 e. The highest BCUT2D eigenvalue weighted by Gasteiger charge is 2.19. The van der Waals surface area contributed by atoms with Crippen LogP contribution in [0.2, 0.25) is 0 Å². The van der Waals surface area contributed by atoms with Crippen LogP contribution in [-0.2, 0) is 28.6 Å².